The third-order valence-corrected chi connectivity index (χ3v) is 6.91. The van der Waals surface area contributed by atoms with Crippen LogP contribution in [0.25, 0.3) is 0 Å². The molecule has 3 N–H and O–H groups in total. The van der Waals surface area contributed by atoms with E-state index in [4.69, 9.17) is 21.7 Å². The number of benzene rings is 3. The second kappa shape index (κ2) is 12.8. The van der Waals surface area contributed by atoms with Crippen LogP contribution in [0.2, 0.25) is 0 Å². The van der Waals surface area contributed by atoms with E-state index in [1.165, 1.54) is 43.8 Å². The number of methoxy groups -OCH3 is 1. The van der Waals surface area contributed by atoms with Crippen molar-refractivity contribution in [1.82, 2.24) is 15.3 Å². The van der Waals surface area contributed by atoms with Crippen molar-refractivity contribution in [3.8, 4) is 11.6 Å². The Hall–Kier alpha value is -4.55. The fraction of sp³-hybridized carbons (Fsp3) is 0.111. The van der Waals surface area contributed by atoms with Crippen LogP contribution in [-0.2, 0) is 16.4 Å². The molecule has 0 atom stereocenters. The van der Waals surface area contributed by atoms with E-state index in [0.717, 1.165) is 12.0 Å². The van der Waals surface area contributed by atoms with Crippen LogP contribution in [0.4, 0.5) is 11.5 Å². The molecule has 12 heteroatoms. The van der Waals surface area contributed by atoms with Gasteiger partial charge in [-0.2, -0.15) is 0 Å². The number of sulfonamides is 1. The Morgan fingerprint density at radius 3 is 2.46 bits per heavy atom. The lowest BCUT2D eigenvalue weighted by molar-refractivity contribution is 0.0977. The van der Waals surface area contributed by atoms with Gasteiger partial charge >= 0.3 is 0 Å². The van der Waals surface area contributed by atoms with Gasteiger partial charge in [-0.3, -0.25) is 14.8 Å². The van der Waals surface area contributed by atoms with Crippen LogP contribution in [0.1, 0.15) is 15.9 Å². The van der Waals surface area contributed by atoms with Gasteiger partial charge in [0.2, 0.25) is 5.88 Å². The molecule has 39 heavy (non-hydrogen) atoms. The summed E-state index contributed by atoms with van der Waals surface area (Å²) >= 11 is 5.25. The van der Waals surface area contributed by atoms with Gasteiger partial charge in [-0.25, -0.2) is 18.4 Å². The van der Waals surface area contributed by atoms with Gasteiger partial charge in [-0.05, 0) is 60.2 Å². The minimum absolute atomic E-state index is 0.00432. The van der Waals surface area contributed by atoms with Crippen molar-refractivity contribution in [1.29, 1.82) is 0 Å². The average molecular weight is 564 g/mol. The molecule has 10 nitrogen and oxygen atoms in total. The zero-order chi connectivity index (χ0) is 27.7. The second-order valence-corrected chi connectivity index (χ2v) is 10.2. The topological polar surface area (TPSA) is 132 Å². The van der Waals surface area contributed by atoms with Gasteiger partial charge in [0, 0.05) is 23.7 Å². The molecule has 0 aliphatic carbocycles. The Bertz CT molecular complexity index is 1550. The number of rotatable bonds is 10. The molecule has 1 amide bonds. The Labute approximate surface area is 231 Å². The van der Waals surface area contributed by atoms with Gasteiger partial charge in [-0.15, -0.1) is 0 Å². The minimum atomic E-state index is -3.90. The summed E-state index contributed by atoms with van der Waals surface area (Å²) in [4.78, 5) is 20.4. The number of ether oxygens (including phenoxy) is 2. The van der Waals surface area contributed by atoms with E-state index in [1.54, 1.807) is 24.3 Å². The van der Waals surface area contributed by atoms with E-state index in [2.05, 4.69) is 25.3 Å². The molecule has 0 fully saturated rings. The lowest BCUT2D eigenvalue weighted by Crippen LogP contribution is -2.34. The summed E-state index contributed by atoms with van der Waals surface area (Å²) in [5.41, 5.74) is 2.03. The lowest BCUT2D eigenvalue weighted by Gasteiger charge is -2.12. The van der Waals surface area contributed by atoms with E-state index in [0.29, 0.717) is 23.6 Å². The van der Waals surface area contributed by atoms with Crippen LogP contribution >= 0.6 is 12.2 Å². The summed E-state index contributed by atoms with van der Waals surface area (Å²) in [5.74, 6) is 0.451. The molecule has 0 aliphatic rings. The predicted molar refractivity (Wildman–Crippen MR) is 152 cm³/mol. The van der Waals surface area contributed by atoms with Crippen molar-refractivity contribution in [2.24, 2.45) is 0 Å². The molecular weight excluding hydrogens is 538 g/mol. The van der Waals surface area contributed by atoms with Gasteiger partial charge in [0.05, 0.1) is 18.6 Å². The van der Waals surface area contributed by atoms with Crippen LogP contribution in [-0.4, -0.2) is 43.1 Å². The number of aromatic nitrogens is 2. The number of hydrogen-bond acceptors (Lipinski definition) is 8. The minimum Gasteiger partial charge on any atom is -0.493 e. The van der Waals surface area contributed by atoms with Gasteiger partial charge in [0.1, 0.15) is 17.9 Å². The number of nitrogens with zero attached hydrogens (tertiary/aromatic N) is 2. The van der Waals surface area contributed by atoms with Gasteiger partial charge in [0.25, 0.3) is 15.9 Å². The fourth-order valence-electron chi connectivity index (χ4n) is 3.42. The predicted octanol–water partition coefficient (Wildman–Crippen LogP) is 4.03. The highest BCUT2D eigenvalue weighted by molar-refractivity contribution is 7.92. The van der Waals surface area contributed by atoms with E-state index in [1.807, 2.05) is 30.3 Å². The first-order valence-electron chi connectivity index (χ1n) is 11.7. The maximum atomic E-state index is 12.7. The van der Waals surface area contributed by atoms with Gasteiger partial charge in [0.15, 0.2) is 5.11 Å². The molecular formula is C27H25N5O5S2. The Kier molecular flexibility index (Phi) is 9.02. The lowest BCUT2D eigenvalue weighted by atomic mass is 10.2. The smallest absolute Gasteiger partial charge is 0.263 e. The Morgan fingerprint density at radius 2 is 1.72 bits per heavy atom. The molecule has 0 bridgehead atoms. The average Bonchev–Trinajstić information content (AvgIpc) is 2.94. The molecule has 0 saturated carbocycles. The molecule has 1 aromatic heterocycles. The van der Waals surface area contributed by atoms with E-state index >= 15 is 0 Å². The molecule has 4 rings (SSSR count). The van der Waals surface area contributed by atoms with Gasteiger partial charge in [-0.1, -0.05) is 36.4 Å². The summed E-state index contributed by atoms with van der Waals surface area (Å²) in [6.07, 6.45) is 1.94. The van der Waals surface area contributed by atoms with Crippen LogP contribution in [0.5, 0.6) is 11.6 Å². The quantitative estimate of drug-likeness (QED) is 0.245. The van der Waals surface area contributed by atoms with Crippen molar-refractivity contribution < 1.29 is 22.7 Å². The number of anilines is 2. The molecule has 0 radical (unpaired) electrons. The normalized spacial score (nSPS) is 10.8. The highest BCUT2D eigenvalue weighted by Crippen LogP contribution is 2.19. The number of amides is 1. The molecule has 1 heterocycles. The SMILES string of the molecule is COc1cc(NS(=O)(=O)c2ccc(NC(=S)NC(=O)c3cccc(OCCc4ccccc4)c3)cc2)ncn1. The highest BCUT2D eigenvalue weighted by atomic mass is 32.2. The summed E-state index contributed by atoms with van der Waals surface area (Å²) in [7, 11) is -2.49. The zero-order valence-corrected chi connectivity index (χ0v) is 22.5. The number of hydrogen-bond donors (Lipinski definition) is 3. The first-order chi connectivity index (χ1) is 18.8. The van der Waals surface area contributed by atoms with Gasteiger partial charge < -0.3 is 14.8 Å². The third kappa shape index (κ3) is 7.97. The first-order valence-corrected chi connectivity index (χ1v) is 13.6. The van der Waals surface area contributed by atoms with Crippen molar-refractivity contribution >= 4 is 44.8 Å². The van der Waals surface area contributed by atoms with Crippen LogP contribution in [0.15, 0.2) is 96.2 Å². The van der Waals surface area contributed by atoms with E-state index in [9.17, 15) is 13.2 Å². The van der Waals surface area contributed by atoms with Crippen LogP contribution < -0.4 is 24.8 Å². The molecule has 0 unspecified atom stereocenters. The first kappa shape index (κ1) is 27.5. The summed E-state index contributed by atoms with van der Waals surface area (Å²) < 4.78 is 38.5. The third-order valence-electron chi connectivity index (χ3n) is 5.34. The van der Waals surface area contributed by atoms with E-state index < -0.39 is 15.9 Å². The Balaban J connectivity index is 1.30. The van der Waals surface area contributed by atoms with Crippen molar-refractivity contribution in [2.75, 3.05) is 23.8 Å². The fourth-order valence-corrected chi connectivity index (χ4v) is 4.63. The molecule has 4 aromatic rings. The standard InChI is InChI=1S/C27H25N5O5S2/c1-36-25-17-24(28-18-29-25)32-39(34,35)23-12-10-21(11-13-23)30-27(38)31-26(33)20-8-5-9-22(16-20)37-15-14-19-6-3-2-4-7-19/h2-13,16-18H,14-15H2,1H3,(H,28,29,32)(H2,30,31,33,38). The summed E-state index contributed by atoms with van der Waals surface area (Å²) in [6, 6.07) is 24.0. The maximum absolute atomic E-state index is 12.7. The number of thiocarbonyl (C=S) groups is 1. The van der Waals surface area contributed by atoms with Crippen molar-refractivity contribution in [3.63, 3.8) is 0 Å². The maximum Gasteiger partial charge on any atom is 0.263 e. The molecule has 3 aromatic carbocycles. The van der Waals surface area contributed by atoms with Crippen molar-refractivity contribution in [2.45, 2.75) is 11.3 Å². The second-order valence-electron chi connectivity index (χ2n) is 8.10. The zero-order valence-electron chi connectivity index (χ0n) is 20.8. The van der Waals surface area contributed by atoms with Crippen LogP contribution in [0.3, 0.4) is 0 Å². The number of carbonyl (C=O) groups is 1. The molecule has 0 saturated heterocycles. The number of carbonyl (C=O) groups excluding carboxylic acids is 1. The number of nitrogens with one attached hydrogen (secondary N) is 3. The summed E-state index contributed by atoms with van der Waals surface area (Å²) in [5, 5.41) is 5.53. The molecule has 0 spiro atoms. The molecule has 0 aliphatic heterocycles. The molecule has 200 valence electrons. The Morgan fingerprint density at radius 1 is 0.949 bits per heavy atom. The summed E-state index contributed by atoms with van der Waals surface area (Å²) in [6.45, 7) is 0.476. The monoisotopic (exact) mass is 563 g/mol. The largest absolute Gasteiger partial charge is 0.493 e. The van der Waals surface area contributed by atoms with Crippen LogP contribution in [0, 0.1) is 0 Å². The highest BCUT2D eigenvalue weighted by Gasteiger charge is 2.16. The van der Waals surface area contributed by atoms with Crippen molar-refractivity contribution in [3.05, 3.63) is 102 Å². The van der Waals surface area contributed by atoms with E-state index in [-0.39, 0.29) is 21.7 Å².